The SMILES string of the molecule is C=C(CC(=O)Nc1cccc(C(F)(F)F)c1)NNC(=O)c1ccc([N+](=O)[O-])c(Cl)c1. The van der Waals surface area contributed by atoms with Crippen molar-refractivity contribution in [1.29, 1.82) is 0 Å². The highest BCUT2D eigenvalue weighted by atomic mass is 35.5. The van der Waals surface area contributed by atoms with Gasteiger partial charge in [-0.15, -0.1) is 0 Å². The number of nitro groups is 1. The summed E-state index contributed by atoms with van der Waals surface area (Å²) in [6.07, 6.45) is -4.89. The molecule has 3 N–H and O–H groups in total. The molecule has 0 aliphatic rings. The Bertz CT molecular complexity index is 1010. The summed E-state index contributed by atoms with van der Waals surface area (Å²) in [7, 11) is 0. The maximum absolute atomic E-state index is 12.7. The Balaban J connectivity index is 1.88. The quantitative estimate of drug-likeness (QED) is 0.442. The summed E-state index contributed by atoms with van der Waals surface area (Å²) >= 11 is 5.73. The number of nitro benzene ring substituents is 1. The number of nitrogens with zero attached hydrogens (tertiary/aromatic N) is 1. The van der Waals surface area contributed by atoms with Gasteiger partial charge in [0.15, 0.2) is 0 Å². The maximum atomic E-state index is 12.7. The fourth-order valence-corrected chi connectivity index (χ4v) is 2.48. The van der Waals surface area contributed by atoms with Gasteiger partial charge < -0.3 is 10.7 Å². The molecule has 0 fully saturated rings. The highest BCUT2D eigenvalue weighted by Crippen LogP contribution is 2.30. The summed E-state index contributed by atoms with van der Waals surface area (Å²) in [6, 6.07) is 7.45. The van der Waals surface area contributed by atoms with Crippen molar-refractivity contribution >= 4 is 34.8 Å². The van der Waals surface area contributed by atoms with Crippen molar-refractivity contribution in [3.05, 3.63) is 81.0 Å². The molecule has 0 atom stereocenters. The fourth-order valence-electron chi connectivity index (χ4n) is 2.23. The molecule has 0 unspecified atom stereocenters. The van der Waals surface area contributed by atoms with Crippen LogP contribution in [0.1, 0.15) is 22.3 Å². The van der Waals surface area contributed by atoms with Crippen LogP contribution >= 0.6 is 11.6 Å². The average molecular weight is 443 g/mol. The third kappa shape index (κ3) is 6.21. The summed E-state index contributed by atoms with van der Waals surface area (Å²) in [6.45, 7) is 3.53. The number of halogens is 4. The molecule has 2 rings (SSSR count). The lowest BCUT2D eigenvalue weighted by Crippen LogP contribution is -2.37. The Morgan fingerprint density at radius 1 is 1.13 bits per heavy atom. The molecule has 0 aromatic heterocycles. The first kappa shape index (κ1) is 22.7. The van der Waals surface area contributed by atoms with E-state index in [4.69, 9.17) is 11.6 Å². The normalized spacial score (nSPS) is 10.8. The van der Waals surface area contributed by atoms with Crippen LogP contribution in [-0.2, 0) is 11.0 Å². The summed E-state index contributed by atoms with van der Waals surface area (Å²) < 4.78 is 38.1. The van der Waals surface area contributed by atoms with E-state index in [1.165, 1.54) is 12.1 Å². The van der Waals surface area contributed by atoms with Gasteiger partial charge >= 0.3 is 6.18 Å². The molecule has 2 amide bonds. The first-order valence-corrected chi connectivity index (χ1v) is 8.50. The van der Waals surface area contributed by atoms with E-state index in [1.54, 1.807) is 0 Å². The van der Waals surface area contributed by atoms with Gasteiger partial charge in [0.1, 0.15) is 5.02 Å². The topological polar surface area (TPSA) is 113 Å². The number of alkyl halides is 3. The Labute approximate surface area is 172 Å². The lowest BCUT2D eigenvalue weighted by atomic mass is 10.2. The third-order valence-electron chi connectivity index (χ3n) is 3.61. The number of hydrogen-bond donors (Lipinski definition) is 3. The average Bonchev–Trinajstić information content (AvgIpc) is 2.65. The molecule has 0 saturated carbocycles. The fraction of sp³-hybridized carbons (Fsp3) is 0.111. The molecule has 0 bridgehead atoms. The molecule has 0 aliphatic carbocycles. The number of amides is 2. The van der Waals surface area contributed by atoms with Gasteiger partial charge in [-0.1, -0.05) is 24.2 Å². The van der Waals surface area contributed by atoms with Crippen molar-refractivity contribution in [3.63, 3.8) is 0 Å². The van der Waals surface area contributed by atoms with Gasteiger partial charge in [-0.3, -0.25) is 25.1 Å². The summed E-state index contributed by atoms with van der Waals surface area (Å²) in [5, 5.41) is 12.8. The van der Waals surface area contributed by atoms with Crippen molar-refractivity contribution < 1.29 is 27.7 Å². The zero-order chi connectivity index (χ0) is 22.5. The van der Waals surface area contributed by atoms with E-state index in [9.17, 15) is 32.9 Å². The number of hydrazine groups is 1. The number of carbonyl (C=O) groups excluding carboxylic acids is 2. The van der Waals surface area contributed by atoms with Crippen LogP contribution < -0.4 is 16.2 Å². The highest BCUT2D eigenvalue weighted by Gasteiger charge is 2.30. The molecule has 0 saturated heterocycles. The minimum Gasteiger partial charge on any atom is -0.326 e. The summed E-state index contributed by atoms with van der Waals surface area (Å²) in [5.74, 6) is -1.37. The van der Waals surface area contributed by atoms with Crippen LogP contribution in [0.5, 0.6) is 0 Å². The molecule has 158 valence electrons. The molecule has 0 aliphatic heterocycles. The van der Waals surface area contributed by atoms with Crippen molar-refractivity contribution in [3.8, 4) is 0 Å². The second-order valence-electron chi connectivity index (χ2n) is 5.91. The number of nitrogens with one attached hydrogen (secondary N) is 3. The second-order valence-corrected chi connectivity index (χ2v) is 6.32. The second kappa shape index (κ2) is 9.27. The summed E-state index contributed by atoms with van der Waals surface area (Å²) in [5.41, 5.74) is 3.34. The minimum absolute atomic E-state index is 0.0133. The lowest BCUT2D eigenvalue weighted by molar-refractivity contribution is -0.384. The predicted octanol–water partition coefficient (Wildman–Crippen LogP) is 4.04. The van der Waals surface area contributed by atoms with Crippen LogP contribution in [0.15, 0.2) is 54.7 Å². The third-order valence-corrected chi connectivity index (χ3v) is 3.91. The van der Waals surface area contributed by atoms with Gasteiger partial charge in [0.05, 0.1) is 16.9 Å². The maximum Gasteiger partial charge on any atom is 0.416 e. The van der Waals surface area contributed by atoms with Crippen LogP contribution in [0.25, 0.3) is 0 Å². The Hall–Kier alpha value is -3.60. The van der Waals surface area contributed by atoms with Gasteiger partial charge in [-0.25, -0.2) is 0 Å². The first-order valence-electron chi connectivity index (χ1n) is 8.12. The van der Waals surface area contributed by atoms with Crippen molar-refractivity contribution in [2.45, 2.75) is 12.6 Å². The number of anilines is 1. The van der Waals surface area contributed by atoms with E-state index in [2.05, 4.69) is 22.7 Å². The van der Waals surface area contributed by atoms with Crippen LogP contribution in [0.3, 0.4) is 0 Å². The highest BCUT2D eigenvalue weighted by molar-refractivity contribution is 6.33. The number of rotatable bonds is 7. The van der Waals surface area contributed by atoms with E-state index in [0.29, 0.717) is 0 Å². The molecule has 12 heteroatoms. The molecule has 2 aromatic rings. The van der Waals surface area contributed by atoms with Gasteiger partial charge in [0, 0.05) is 23.0 Å². The predicted molar refractivity (Wildman–Crippen MR) is 103 cm³/mol. The van der Waals surface area contributed by atoms with E-state index in [0.717, 1.165) is 30.3 Å². The minimum atomic E-state index is -4.54. The molecule has 0 radical (unpaired) electrons. The van der Waals surface area contributed by atoms with Crippen molar-refractivity contribution in [2.75, 3.05) is 5.32 Å². The van der Waals surface area contributed by atoms with Crippen LogP contribution in [0.2, 0.25) is 5.02 Å². The Kier molecular flexibility index (Phi) is 7.01. The van der Waals surface area contributed by atoms with Crippen molar-refractivity contribution in [1.82, 2.24) is 10.9 Å². The Morgan fingerprint density at radius 2 is 1.83 bits per heavy atom. The molecule has 30 heavy (non-hydrogen) atoms. The van der Waals surface area contributed by atoms with Gasteiger partial charge in [0.25, 0.3) is 11.6 Å². The molecule has 0 heterocycles. The molecule has 0 spiro atoms. The molecule has 8 nitrogen and oxygen atoms in total. The van der Waals surface area contributed by atoms with E-state index < -0.39 is 28.5 Å². The van der Waals surface area contributed by atoms with Crippen molar-refractivity contribution in [2.24, 2.45) is 0 Å². The van der Waals surface area contributed by atoms with E-state index in [-0.39, 0.29) is 34.1 Å². The van der Waals surface area contributed by atoms with E-state index in [1.807, 2.05) is 0 Å². The zero-order valence-electron chi connectivity index (χ0n) is 15.0. The molecular formula is C18H14ClF3N4O4. The van der Waals surface area contributed by atoms with Gasteiger partial charge in [-0.05, 0) is 30.3 Å². The Morgan fingerprint density at radius 3 is 2.43 bits per heavy atom. The largest absolute Gasteiger partial charge is 0.416 e. The number of hydrogen-bond acceptors (Lipinski definition) is 5. The first-order chi connectivity index (χ1) is 14.0. The molecular weight excluding hydrogens is 429 g/mol. The van der Waals surface area contributed by atoms with Crippen LogP contribution in [0.4, 0.5) is 24.5 Å². The summed E-state index contributed by atoms with van der Waals surface area (Å²) in [4.78, 5) is 34.0. The monoisotopic (exact) mass is 442 g/mol. The number of carbonyl (C=O) groups is 2. The number of benzene rings is 2. The van der Waals surface area contributed by atoms with Gasteiger partial charge in [-0.2, -0.15) is 13.2 Å². The smallest absolute Gasteiger partial charge is 0.326 e. The van der Waals surface area contributed by atoms with E-state index >= 15 is 0 Å². The van der Waals surface area contributed by atoms with Crippen LogP contribution in [-0.4, -0.2) is 16.7 Å². The zero-order valence-corrected chi connectivity index (χ0v) is 15.8. The molecule has 2 aromatic carbocycles. The standard InChI is InChI=1S/C18H14ClF3N4O4/c1-10(7-16(27)23-13-4-2-3-12(9-13)18(20,21)22)24-25-17(28)11-5-6-15(26(29)30)14(19)8-11/h2-6,8-9,24H,1,7H2,(H,23,27)(H,25,28). The lowest BCUT2D eigenvalue weighted by Gasteiger charge is -2.12. The van der Waals surface area contributed by atoms with Crippen LogP contribution in [0, 0.1) is 10.1 Å². The van der Waals surface area contributed by atoms with Gasteiger partial charge in [0.2, 0.25) is 5.91 Å².